The van der Waals surface area contributed by atoms with Crippen LogP contribution in [0, 0.1) is 0 Å². The summed E-state index contributed by atoms with van der Waals surface area (Å²) >= 11 is 6.37. The number of nitrogens with one attached hydrogen (secondary N) is 1. The summed E-state index contributed by atoms with van der Waals surface area (Å²) < 4.78 is 10.6. The summed E-state index contributed by atoms with van der Waals surface area (Å²) in [6.45, 7) is 7.95. The van der Waals surface area contributed by atoms with Crippen molar-refractivity contribution < 1.29 is 9.47 Å². The molecule has 0 fully saturated rings. The molecule has 0 spiro atoms. The van der Waals surface area contributed by atoms with Crippen LogP contribution in [0.25, 0.3) is 0 Å². The van der Waals surface area contributed by atoms with E-state index in [0.29, 0.717) is 13.2 Å². The summed E-state index contributed by atoms with van der Waals surface area (Å²) in [4.78, 5) is 2.12. The van der Waals surface area contributed by atoms with Gasteiger partial charge in [0.05, 0.1) is 30.0 Å². The largest absolute Gasteiger partial charge is 0.383 e. The first-order valence-corrected chi connectivity index (χ1v) is 7.73. The van der Waals surface area contributed by atoms with Crippen molar-refractivity contribution in [3.8, 4) is 0 Å². The molecule has 1 aromatic carbocycles. The topological polar surface area (TPSA) is 33.7 Å². The summed E-state index contributed by atoms with van der Waals surface area (Å²) in [5.74, 6) is 0. The van der Waals surface area contributed by atoms with Crippen molar-refractivity contribution in [2.75, 3.05) is 45.4 Å². The number of halogens is 1. The molecule has 21 heavy (non-hydrogen) atoms. The summed E-state index contributed by atoms with van der Waals surface area (Å²) in [6, 6.07) is 6.17. The average Bonchev–Trinajstić information content (AvgIpc) is 2.43. The van der Waals surface area contributed by atoms with E-state index in [4.69, 9.17) is 21.1 Å². The third-order valence-corrected chi connectivity index (χ3v) is 3.42. The fraction of sp³-hybridized carbons (Fsp3) is 0.625. The molecule has 4 nitrogen and oxygen atoms in total. The lowest BCUT2D eigenvalue weighted by molar-refractivity contribution is 0.0846. The smallest absolute Gasteiger partial charge is 0.0644 e. The van der Waals surface area contributed by atoms with Crippen LogP contribution in [-0.2, 0) is 16.0 Å². The maximum absolute atomic E-state index is 6.37. The second kappa shape index (κ2) is 10.0. The monoisotopic (exact) mass is 314 g/mol. The number of likely N-dealkylation sites (N-methyl/N-ethyl adjacent to an activating group) is 1. The second-order valence-electron chi connectivity index (χ2n) is 5.30. The van der Waals surface area contributed by atoms with Crippen molar-refractivity contribution in [3.63, 3.8) is 0 Å². The first-order valence-electron chi connectivity index (χ1n) is 7.35. The maximum Gasteiger partial charge on any atom is 0.0644 e. The molecular weight excluding hydrogens is 288 g/mol. The fourth-order valence-corrected chi connectivity index (χ4v) is 2.27. The second-order valence-corrected chi connectivity index (χ2v) is 5.70. The van der Waals surface area contributed by atoms with Gasteiger partial charge in [-0.1, -0.05) is 17.7 Å². The van der Waals surface area contributed by atoms with Gasteiger partial charge in [0.1, 0.15) is 0 Å². The highest BCUT2D eigenvalue weighted by Gasteiger charge is 2.07. The van der Waals surface area contributed by atoms with E-state index in [1.165, 1.54) is 5.56 Å². The van der Waals surface area contributed by atoms with E-state index in [0.717, 1.165) is 30.3 Å². The minimum Gasteiger partial charge on any atom is -0.383 e. The van der Waals surface area contributed by atoms with Gasteiger partial charge in [-0.05, 0) is 31.5 Å². The van der Waals surface area contributed by atoms with Gasteiger partial charge in [-0.3, -0.25) is 0 Å². The van der Waals surface area contributed by atoms with Gasteiger partial charge in [0.25, 0.3) is 0 Å². The van der Waals surface area contributed by atoms with Gasteiger partial charge < -0.3 is 19.7 Å². The van der Waals surface area contributed by atoms with Crippen molar-refractivity contribution in [1.29, 1.82) is 0 Å². The highest BCUT2D eigenvalue weighted by Crippen LogP contribution is 2.26. The molecule has 1 rings (SSSR count). The number of methoxy groups -OCH3 is 1. The first-order chi connectivity index (χ1) is 10.0. The van der Waals surface area contributed by atoms with Crippen molar-refractivity contribution >= 4 is 17.3 Å². The maximum atomic E-state index is 6.37. The quantitative estimate of drug-likeness (QED) is 0.673. The minimum atomic E-state index is 0.259. The lowest BCUT2D eigenvalue weighted by Crippen LogP contribution is -2.24. The Morgan fingerprint density at radius 3 is 2.67 bits per heavy atom. The van der Waals surface area contributed by atoms with E-state index in [1.807, 2.05) is 27.0 Å². The van der Waals surface area contributed by atoms with Crippen molar-refractivity contribution in [1.82, 2.24) is 5.32 Å². The molecule has 0 bridgehead atoms. The molecule has 5 heteroatoms. The predicted molar refractivity (Wildman–Crippen MR) is 89.4 cm³/mol. The molecule has 0 saturated carbocycles. The fourth-order valence-electron chi connectivity index (χ4n) is 1.92. The molecule has 120 valence electrons. The van der Waals surface area contributed by atoms with Crippen LogP contribution in [0.3, 0.4) is 0 Å². The number of nitrogens with zero attached hydrogens (tertiary/aromatic N) is 1. The Kier molecular flexibility index (Phi) is 8.69. The molecular formula is C16H27ClN2O2. The number of hydrogen-bond donors (Lipinski definition) is 1. The van der Waals surface area contributed by atoms with Crippen LogP contribution in [0.15, 0.2) is 18.2 Å². The Morgan fingerprint density at radius 2 is 2.05 bits per heavy atom. The Bertz CT molecular complexity index is 413. The van der Waals surface area contributed by atoms with Crippen molar-refractivity contribution in [2.24, 2.45) is 0 Å². The number of rotatable bonds is 10. The van der Waals surface area contributed by atoms with Gasteiger partial charge in [-0.15, -0.1) is 0 Å². The normalized spacial score (nSPS) is 11.1. The third kappa shape index (κ3) is 7.14. The van der Waals surface area contributed by atoms with E-state index in [-0.39, 0.29) is 6.10 Å². The van der Waals surface area contributed by atoms with Crippen LogP contribution >= 0.6 is 11.6 Å². The molecule has 0 aromatic heterocycles. The molecule has 0 aliphatic rings. The summed E-state index contributed by atoms with van der Waals surface area (Å²) in [7, 11) is 3.73. The Balaban J connectivity index is 2.48. The van der Waals surface area contributed by atoms with Crippen molar-refractivity contribution in [2.45, 2.75) is 26.5 Å². The predicted octanol–water partition coefficient (Wildman–Crippen LogP) is 2.94. The van der Waals surface area contributed by atoms with Crippen LogP contribution in [0.2, 0.25) is 5.02 Å². The highest BCUT2D eigenvalue weighted by molar-refractivity contribution is 6.33. The minimum absolute atomic E-state index is 0.259. The van der Waals surface area contributed by atoms with E-state index in [1.54, 1.807) is 7.11 Å². The molecule has 0 amide bonds. The van der Waals surface area contributed by atoms with Crippen LogP contribution in [0.5, 0.6) is 0 Å². The van der Waals surface area contributed by atoms with Crippen LogP contribution in [0.1, 0.15) is 19.4 Å². The van der Waals surface area contributed by atoms with Gasteiger partial charge in [-0.25, -0.2) is 0 Å². The van der Waals surface area contributed by atoms with Crippen LogP contribution in [0.4, 0.5) is 5.69 Å². The van der Waals surface area contributed by atoms with Crippen LogP contribution in [-0.4, -0.2) is 46.6 Å². The van der Waals surface area contributed by atoms with Crippen molar-refractivity contribution in [3.05, 3.63) is 28.8 Å². The SMILES string of the molecule is COCCNCc1ccc(N(C)CCOC(C)C)c(Cl)c1. The molecule has 0 aliphatic heterocycles. The first kappa shape index (κ1) is 18.2. The number of hydrogen-bond acceptors (Lipinski definition) is 4. The van der Waals surface area contributed by atoms with Gasteiger partial charge in [0.15, 0.2) is 0 Å². The zero-order valence-corrected chi connectivity index (χ0v) is 14.2. The summed E-state index contributed by atoms with van der Waals surface area (Å²) in [5.41, 5.74) is 2.20. The number of anilines is 1. The molecule has 1 N–H and O–H groups in total. The van der Waals surface area contributed by atoms with E-state index >= 15 is 0 Å². The Hall–Kier alpha value is -0.810. The molecule has 0 atom stereocenters. The lowest BCUT2D eigenvalue weighted by Gasteiger charge is -2.21. The molecule has 1 aromatic rings. The Morgan fingerprint density at radius 1 is 1.29 bits per heavy atom. The van der Waals surface area contributed by atoms with Gasteiger partial charge in [0, 0.05) is 33.8 Å². The van der Waals surface area contributed by atoms with E-state index < -0.39 is 0 Å². The van der Waals surface area contributed by atoms with Gasteiger partial charge in [0.2, 0.25) is 0 Å². The zero-order chi connectivity index (χ0) is 15.7. The van der Waals surface area contributed by atoms with E-state index in [2.05, 4.69) is 22.3 Å². The standard InChI is InChI=1S/C16H27ClN2O2/c1-13(2)21-10-8-19(3)16-6-5-14(11-15(16)17)12-18-7-9-20-4/h5-6,11,13,18H,7-10,12H2,1-4H3. The lowest BCUT2D eigenvalue weighted by atomic mass is 10.2. The van der Waals surface area contributed by atoms with Gasteiger partial charge in [-0.2, -0.15) is 0 Å². The molecule has 0 radical (unpaired) electrons. The Labute approximate surface area is 133 Å². The average molecular weight is 315 g/mol. The molecule has 0 saturated heterocycles. The highest BCUT2D eigenvalue weighted by atomic mass is 35.5. The number of benzene rings is 1. The molecule has 0 unspecified atom stereocenters. The summed E-state index contributed by atoms with van der Waals surface area (Å²) in [5, 5.41) is 4.08. The van der Waals surface area contributed by atoms with Gasteiger partial charge >= 0.3 is 0 Å². The van der Waals surface area contributed by atoms with Crippen LogP contribution < -0.4 is 10.2 Å². The summed E-state index contributed by atoms with van der Waals surface area (Å²) in [6.07, 6.45) is 0.259. The molecule has 0 heterocycles. The number of ether oxygens (including phenoxy) is 2. The third-order valence-electron chi connectivity index (χ3n) is 3.11. The zero-order valence-electron chi connectivity index (χ0n) is 13.5. The van der Waals surface area contributed by atoms with E-state index in [9.17, 15) is 0 Å². The molecule has 0 aliphatic carbocycles.